The van der Waals surface area contributed by atoms with Crippen molar-refractivity contribution >= 4 is 0 Å². The van der Waals surface area contributed by atoms with Gasteiger partial charge >= 0.3 is 0 Å². The van der Waals surface area contributed by atoms with E-state index < -0.39 is 0 Å². The molecule has 2 nitrogen and oxygen atoms in total. The predicted octanol–water partition coefficient (Wildman–Crippen LogP) is 3.66. The highest BCUT2D eigenvalue weighted by Gasteiger charge is 2.11. The molecule has 0 fully saturated rings. The van der Waals surface area contributed by atoms with Crippen LogP contribution in [0.25, 0.3) is 0 Å². The van der Waals surface area contributed by atoms with Gasteiger partial charge in [-0.25, -0.2) is 4.39 Å². The Morgan fingerprint density at radius 2 is 1.85 bits per heavy atom. The lowest BCUT2D eigenvalue weighted by Crippen LogP contribution is -2.22. The summed E-state index contributed by atoms with van der Waals surface area (Å²) in [5.41, 5.74) is 0.801. The van der Waals surface area contributed by atoms with Crippen molar-refractivity contribution in [1.82, 2.24) is 5.32 Å². The van der Waals surface area contributed by atoms with Crippen LogP contribution in [0.1, 0.15) is 32.3 Å². The van der Waals surface area contributed by atoms with Crippen LogP contribution in [0.2, 0.25) is 0 Å². The Kier molecular flexibility index (Phi) is 8.47. The highest BCUT2D eigenvalue weighted by molar-refractivity contribution is 5.17. The molecule has 0 aliphatic rings. The molecule has 3 heteroatoms. The van der Waals surface area contributed by atoms with Crippen LogP contribution in [0.5, 0.6) is 0 Å². The zero-order chi connectivity index (χ0) is 14.8. The van der Waals surface area contributed by atoms with Gasteiger partial charge in [0.15, 0.2) is 0 Å². The molecule has 0 spiro atoms. The van der Waals surface area contributed by atoms with E-state index in [0.717, 1.165) is 44.6 Å². The average Bonchev–Trinajstić information content (AvgIpc) is 2.40. The fourth-order valence-electron chi connectivity index (χ4n) is 2.21. The molecule has 0 saturated carbocycles. The number of rotatable bonds is 10. The highest BCUT2D eigenvalue weighted by atomic mass is 19.1. The van der Waals surface area contributed by atoms with E-state index >= 15 is 0 Å². The standard InChI is InChI=1S/C17H28FNO/c1-14(2)8-10-20-11-9-15(13-19-3)12-16-6-4-5-7-17(16)18/h4-7,14-15,19H,8-13H2,1-3H3. The number of ether oxygens (including phenoxy) is 1. The lowest BCUT2D eigenvalue weighted by Gasteiger charge is -2.17. The molecular formula is C17H28FNO. The second kappa shape index (κ2) is 9.89. The van der Waals surface area contributed by atoms with Crippen LogP contribution >= 0.6 is 0 Å². The van der Waals surface area contributed by atoms with Crippen LogP contribution in [-0.4, -0.2) is 26.8 Å². The number of hydrogen-bond donors (Lipinski definition) is 1. The van der Waals surface area contributed by atoms with Crippen LogP contribution in [0, 0.1) is 17.7 Å². The number of benzene rings is 1. The molecule has 1 unspecified atom stereocenters. The minimum Gasteiger partial charge on any atom is -0.381 e. The van der Waals surface area contributed by atoms with Gasteiger partial charge in [0, 0.05) is 13.2 Å². The minimum absolute atomic E-state index is 0.102. The Hall–Kier alpha value is -0.930. The van der Waals surface area contributed by atoms with Gasteiger partial charge in [0.2, 0.25) is 0 Å². The van der Waals surface area contributed by atoms with E-state index in [2.05, 4.69) is 19.2 Å². The number of hydrogen-bond acceptors (Lipinski definition) is 2. The summed E-state index contributed by atoms with van der Waals surface area (Å²) in [4.78, 5) is 0. The summed E-state index contributed by atoms with van der Waals surface area (Å²) in [6, 6.07) is 7.04. The van der Waals surface area contributed by atoms with Gasteiger partial charge < -0.3 is 10.1 Å². The first-order chi connectivity index (χ1) is 9.63. The topological polar surface area (TPSA) is 21.3 Å². The Balaban J connectivity index is 2.35. The Morgan fingerprint density at radius 3 is 2.50 bits per heavy atom. The lowest BCUT2D eigenvalue weighted by molar-refractivity contribution is 0.110. The molecular weight excluding hydrogens is 253 g/mol. The van der Waals surface area contributed by atoms with E-state index in [-0.39, 0.29) is 5.82 Å². The van der Waals surface area contributed by atoms with Crippen LogP contribution in [0.4, 0.5) is 4.39 Å². The summed E-state index contributed by atoms with van der Waals surface area (Å²) in [6.45, 7) is 6.87. The molecule has 1 rings (SSSR count). The largest absolute Gasteiger partial charge is 0.381 e. The van der Waals surface area contributed by atoms with Crippen molar-refractivity contribution in [2.24, 2.45) is 11.8 Å². The number of halogens is 1. The summed E-state index contributed by atoms with van der Waals surface area (Å²) >= 11 is 0. The molecule has 0 radical (unpaired) electrons. The minimum atomic E-state index is -0.102. The van der Waals surface area contributed by atoms with Gasteiger partial charge in [-0.15, -0.1) is 0 Å². The molecule has 1 aromatic carbocycles. The van der Waals surface area contributed by atoms with E-state index in [1.54, 1.807) is 6.07 Å². The third-order valence-corrected chi connectivity index (χ3v) is 3.47. The summed E-state index contributed by atoms with van der Waals surface area (Å²) in [7, 11) is 1.94. The third kappa shape index (κ3) is 7.01. The molecule has 0 bridgehead atoms. The zero-order valence-corrected chi connectivity index (χ0v) is 13.0. The smallest absolute Gasteiger partial charge is 0.126 e. The summed E-state index contributed by atoms with van der Waals surface area (Å²) in [5.74, 6) is 0.992. The van der Waals surface area contributed by atoms with E-state index in [0.29, 0.717) is 11.8 Å². The summed E-state index contributed by atoms with van der Waals surface area (Å²) in [5, 5.41) is 3.19. The molecule has 114 valence electrons. The van der Waals surface area contributed by atoms with Crippen LogP contribution in [-0.2, 0) is 11.2 Å². The highest BCUT2D eigenvalue weighted by Crippen LogP contribution is 2.15. The van der Waals surface area contributed by atoms with Crippen molar-refractivity contribution in [2.75, 3.05) is 26.8 Å². The van der Waals surface area contributed by atoms with E-state index in [4.69, 9.17) is 4.74 Å². The van der Waals surface area contributed by atoms with Crippen molar-refractivity contribution in [1.29, 1.82) is 0 Å². The maximum Gasteiger partial charge on any atom is 0.126 e. The van der Waals surface area contributed by atoms with Gasteiger partial charge in [-0.3, -0.25) is 0 Å². The molecule has 1 atom stereocenters. The quantitative estimate of drug-likeness (QED) is 0.661. The molecule has 0 amide bonds. The SMILES string of the molecule is CNCC(CCOCCC(C)C)Cc1ccccc1F. The summed E-state index contributed by atoms with van der Waals surface area (Å²) < 4.78 is 19.3. The van der Waals surface area contributed by atoms with E-state index in [9.17, 15) is 4.39 Å². The maximum atomic E-state index is 13.7. The van der Waals surface area contributed by atoms with Gasteiger partial charge in [0.1, 0.15) is 5.82 Å². The van der Waals surface area contributed by atoms with E-state index in [1.807, 2.05) is 19.2 Å². The second-order valence-corrected chi connectivity index (χ2v) is 5.80. The molecule has 1 aromatic rings. The van der Waals surface area contributed by atoms with Gasteiger partial charge in [-0.05, 0) is 56.3 Å². The Labute approximate surface area is 122 Å². The van der Waals surface area contributed by atoms with Crippen LogP contribution in [0.3, 0.4) is 0 Å². The molecule has 0 saturated heterocycles. The maximum absolute atomic E-state index is 13.7. The average molecular weight is 281 g/mol. The molecule has 0 aliphatic heterocycles. The first kappa shape index (κ1) is 17.1. The predicted molar refractivity (Wildman–Crippen MR) is 82.4 cm³/mol. The summed E-state index contributed by atoms with van der Waals surface area (Å²) in [6.07, 6.45) is 2.83. The lowest BCUT2D eigenvalue weighted by atomic mass is 9.96. The van der Waals surface area contributed by atoms with Crippen molar-refractivity contribution in [2.45, 2.75) is 33.1 Å². The van der Waals surface area contributed by atoms with Gasteiger partial charge in [-0.1, -0.05) is 32.0 Å². The first-order valence-corrected chi connectivity index (χ1v) is 7.59. The Bertz CT molecular complexity index is 368. The Morgan fingerprint density at radius 1 is 1.15 bits per heavy atom. The number of nitrogens with one attached hydrogen (secondary N) is 1. The van der Waals surface area contributed by atoms with Crippen LogP contribution < -0.4 is 5.32 Å². The molecule has 20 heavy (non-hydrogen) atoms. The monoisotopic (exact) mass is 281 g/mol. The van der Waals surface area contributed by atoms with Crippen LogP contribution in [0.15, 0.2) is 24.3 Å². The van der Waals surface area contributed by atoms with Crippen molar-refractivity contribution < 1.29 is 9.13 Å². The van der Waals surface area contributed by atoms with Gasteiger partial charge in [-0.2, -0.15) is 0 Å². The molecule has 1 N–H and O–H groups in total. The third-order valence-electron chi connectivity index (χ3n) is 3.47. The van der Waals surface area contributed by atoms with E-state index in [1.165, 1.54) is 6.07 Å². The first-order valence-electron chi connectivity index (χ1n) is 7.59. The fourth-order valence-corrected chi connectivity index (χ4v) is 2.21. The van der Waals surface area contributed by atoms with Gasteiger partial charge in [0.25, 0.3) is 0 Å². The van der Waals surface area contributed by atoms with Gasteiger partial charge in [0.05, 0.1) is 0 Å². The molecule has 0 aromatic heterocycles. The van der Waals surface area contributed by atoms with Crippen molar-refractivity contribution in [3.8, 4) is 0 Å². The zero-order valence-electron chi connectivity index (χ0n) is 13.0. The van der Waals surface area contributed by atoms with Crippen molar-refractivity contribution in [3.05, 3.63) is 35.6 Å². The fraction of sp³-hybridized carbons (Fsp3) is 0.647. The van der Waals surface area contributed by atoms with Crippen molar-refractivity contribution in [3.63, 3.8) is 0 Å². The second-order valence-electron chi connectivity index (χ2n) is 5.80. The molecule has 0 aliphatic carbocycles. The molecule has 0 heterocycles. The normalized spacial score (nSPS) is 12.8.